The number of hydrogen-bond acceptors (Lipinski definition) is 10. The van der Waals surface area contributed by atoms with E-state index in [1.54, 1.807) is 33.5 Å². The van der Waals surface area contributed by atoms with E-state index in [2.05, 4.69) is 15.6 Å². The third-order valence-corrected chi connectivity index (χ3v) is 7.39. The number of thiophene rings is 1. The molecule has 0 saturated heterocycles. The van der Waals surface area contributed by atoms with Gasteiger partial charge in [0.25, 0.3) is 0 Å². The van der Waals surface area contributed by atoms with E-state index >= 15 is 0 Å². The molecule has 3 heterocycles. The number of ether oxygens (including phenoxy) is 4. The van der Waals surface area contributed by atoms with Gasteiger partial charge in [-0.05, 0) is 37.6 Å². The van der Waals surface area contributed by atoms with Crippen molar-refractivity contribution in [1.29, 1.82) is 0 Å². The number of amides is 1. The molecular formula is C28H29N5O5S. The first-order chi connectivity index (χ1) is 18.8. The summed E-state index contributed by atoms with van der Waals surface area (Å²) in [5, 5.41) is 8.19. The zero-order valence-corrected chi connectivity index (χ0v) is 23.0. The third-order valence-electron chi connectivity index (χ3n) is 6.40. The van der Waals surface area contributed by atoms with Gasteiger partial charge in [0, 0.05) is 34.5 Å². The first kappa shape index (κ1) is 26.1. The van der Waals surface area contributed by atoms with Crippen LogP contribution in [0.1, 0.15) is 13.8 Å². The maximum Gasteiger partial charge on any atom is 0.235 e. The van der Waals surface area contributed by atoms with Crippen molar-refractivity contribution < 1.29 is 23.7 Å². The fraction of sp³-hybridized carbons (Fsp3) is 0.250. The largest absolute Gasteiger partial charge is 0.495 e. The number of methoxy groups -OCH3 is 3. The number of nitrogen functional groups attached to an aromatic ring is 1. The Morgan fingerprint density at radius 1 is 1.05 bits per heavy atom. The number of rotatable bonds is 8. The quantitative estimate of drug-likeness (QED) is 0.258. The molecule has 0 radical (unpaired) electrons. The molecule has 0 aliphatic carbocycles. The first-order valence-electron chi connectivity index (χ1n) is 12.2. The lowest BCUT2D eigenvalue weighted by Gasteiger charge is -2.15. The molecule has 202 valence electrons. The van der Waals surface area contributed by atoms with Gasteiger partial charge in [-0.15, -0.1) is 11.3 Å². The van der Waals surface area contributed by atoms with Gasteiger partial charge in [0.05, 0.1) is 43.2 Å². The van der Waals surface area contributed by atoms with E-state index in [1.807, 2.05) is 49.6 Å². The highest BCUT2D eigenvalue weighted by molar-refractivity contribution is 7.18. The number of nitrogens with one attached hydrogen (secondary N) is 2. The van der Waals surface area contributed by atoms with Crippen molar-refractivity contribution in [3.8, 4) is 28.4 Å². The van der Waals surface area contributed by atoms with Crippen molar-refractivity contribution in [1.82, 2.24) is 9.97 Å². The summed E-state index contributed by atoms with van der Waals surface area (Å²) in [7, 11) is 4.65. The van der Waals surface area contributed by atoms with E-state index in [9.17, 15) is 4.79 Å². The molecule has 11 heteroatoms. The van der Waals surface area contributed by atoms with Crippen LogP contribution in [-0.4, -0.2) is 43.3 Å². The Labute approximate surface area is 229 Å². The normalized spacial score (nSPS) is 16.4. The van der Waals surface area contributed by atoms with Crippen LogP contribution in [0.5, 0.6) is 17.2 Å². The predicted octanol–water partition coefficient (Wildman–Crippen LogP) is 5.59. The van der Waals surface area contributed by atoms with E-state index in [-0.39, 0.29) is 17.9 Å². The number of carbonyl (C=O) groups excluding carboxylic acids is 1. The van der Waals surface area contributed by atoms with Crippen LogP contribution in [0.4, 0.5) is 23.1 Å². The Morgan fingerprint density at radius 2 is 1.79 bits per heavy atom. The predicted molar refractivity (Wildman–Crippen MR) is 153 cm³/mol. The minimum Gasteiger partial charge on any atom is -0.495 e. The minimum absolute atomic E-state index is 0.116. The molecule has 2 atom stereocenters. The summed E-state index contributed by atoms with van der Waals surface area (Å²) in [5.41, 5.74) is 10.1. The Balaban J connectivity index is 1.46. The highest BCUT2D eigenvalue weighted by atomic mass is 32.1. The SMILES string of the molecule is COc1cc(Nc2nc(N)c3scc(-c4cccc(NC(=O)C5C=C(C)OC5C)c4)c3n2)cc(OC)c1OC. The lowest BCUT2D eigenvalue weighted by molar-refractivity contribution is -0.120. The zero-order chi connectivity index (χ0) is 27.7. The van der Waals surface area contributed by atoms with Gasteiger partial charge in [-0.3, -0.25) is 4.79 Å². The van der Waals surface area contributed by atoms with E-state index in [1.165, 1.54) is 11.3 Å². The number of allylic oxidation sites excluding steroid dienone is 1. The molecule has 5 rings (SSSR count). The van der Waals surface area contributed by atoms with E-state index < -0.39 is 0 Å². The van der Waals surface area contributed by atoms with E-state index in [4.69, 9.17) is 29.7 Å². The van der Waals surface area contributed by atoms with Gasteiger partial charge in [-0.1, -0.05) is 12.1 Å². The van der Waals surface area contributed by atoms with Crippen molar-refractivity contribution in [3.63, 3.8) is 0 Å². The molecular weight excluding hydrogens is 518 g/mol. The zero-order valence-electron chi connectivity index (χ0n) is 22.2. The topological polar surface area (TPSA) is 130 Å². The van der Waals surface area contributed by atoms with Crippen molar-refractivity contribution in [2.75, 3.05) is 37.7 Å². The fourth-order valence-electron chi connectivity index (χ4n) is 4.56. The smallest absolute Gasteiger partial charge is 0.235 e. The van der Waals surface area contributed by atoms with E-state index in [0.717, 1.165) is 21.6 Å². The lowest BCUT2D eigenvalue weighted by Crippen LogP contribution is -2.27. The molecule has 39 heavy (non-hydrogen) atoms. The van der Waals surface area contributed by atoms with Gasteiger partial charge in [0.15, 0.2) is 11.5 Å². The van der Waals surface area contributed by atoms with Gasteiger partial charge in [0.1, 0.15) is 11.9 Å². The molecule has 2 aromatic carbocycles. The summed E-state index contributed by atoms with van der Waals surface area (Å²) in [6.45, 7) is 3.74. The second-order valence-corrected chi connectivity index (χ2v) is 9.87. The molecule has 0 saturated carbocycles. The molecule has 1 aliphatic rings. The van der Waals surface area contributed by atoms with Crippen LogP contribution in [-0.2, 0) is 9.53 Å². The number of hydrogen-bond donors (Lipinski definition) is 3. The summed E-state index contributed by atoms with van der Waals surface area (Å²) in [5.74, 6) is 2.44. The van der Waals surface area contributed by atoms with Crippen molar-refractivity contribution in [3.05, 3.63) is 53.6 Å². The Hall–Kier alpha value is -4.51. The second kappa shape index (κ2) is 10.7. The average molecular weight is 548 g/mol. The summed E-state index contributed by atoms with van der Waals surface area (Å²) < 4.78 is 22.7. The Morgan fingerprint density at radius 3 is 2.44 bits per heavy atom. The highest BCUT2D eigenvalue weighted by Crippen LogP contribution is 2.41. The van der Waals surface area contributed by atoms with Gasteiger partial charge in [0.2, 0.25) is 17.6 Å². The number of carbonyl (C=O) groups is 1. The van der Waals surface area contributed by atoms with Crippen LogP contribution in [0.25, 0.3) is 21.3 Å². The molecule has 0 spiro atoms. The maximum atomic E-state index is 12.9. The first-order valence-corrected chi connectivity index (χ1v) is 13.1. The number of fused-ring (bicyclic) bond motifs is 1. The molecule has 2 aromatic heterocycles. The molecule has 10 nitrogen and oxygen atoms in total. The number of anilines is 4. The minimum atomic E-state index is -0.341. The van der Waals surface area contributed by atoms with Crippen LogP contribution in [0, 0.1) is 5.92 Å². The van der Waals surface area contributed by atoms with Gasteiger partial charge < -0.3 is 35.3 Å². The molecule has 1 aliphatic heterocycles. The number of aromatic nitrogens is 2. The van der Waals surface area contributed by atoms with Crippen LogP contribution in [0.3, 0.4) is 0 Å². The number of nitrogens with zero attached hydrogens (tertiary/aromatic N) is 2. The molecule has 0 fully saturated rings. The van der Waals surface area contributed by atoms with Crippen LogP contribution < -0.4 is 30.6 Å². The third kappa shape index (κ3) is 5.13. The van der Waals surface area contributed by atoms with Gasteiger partial charge in [-0.2, -0.15) is 4.98 Å². The number of nitrogens with two attached hydrogens (primary N) is 1. The van der Waals surface area contributed by atoms with Gasteiger partial charge in [-0.25, -0.2) is 4.98 Å². The van der Waals surface area contributed by atoms with Crippen LogP contribution in [0.2, 0.25) is 0 Å². The highest BCUT2D eigenvalue weighted by Gasteiger charge is 2.30. The molecule has 4 N–H and O–H groups in total. The monoisotopic (exact) mass is 547 g/mol. The molecule has 1 amide bonds. The summed E-state index contributed by atoms with van der Waals surface area (Å²) in [6, 6.07) is 11.2. The summed E-state index contributed by atoms with van der Waals surface area (Å²) >= 11 is 1.46. The summed E-state index contributed by atoms with van der Waals surface area (Å²) in [4.78, 5) is 22.1. The second-order valence-electron chi connectivity index (χ2n) is 8.99. The van der Waals surface area contributed by atoms with Crippen LogP contribution in [0.15, 0.2) is 53.6 Å². The average Bonchev–Trinajstić information content (AvgIpc) is 3.50. The maximum absolute atomic E-state index is 12.9. The van der Waals surface area contributed by atoms with Crippen molar-refractivity contribution in [2.45, 2.75) is 20.0 Å². The van der Waals surface area contributed by atoms with E-state index in [0.29, 0.717) is 45.9 Å². The lowest BCUT2D eigenvalue weighted by atomic mass is 10.0. The standard InChI is InChI=1S/C28H29N5O5S/c1-14-9-19(15(2)38-14)27(34)30-17-8-6-7-16(10-17)20-13-39-25-23(20)32-28(33-26(25)29)31-18-11-21(35-3)24(37-5)22(12-18)36-4/h6-13,15,19H,1-5H3,(H,30,34)(H3,29,31,32,33). The van der Waals surface area contributed by atoms with Crippen LogP contribution >= 0.6 is 11.3 Å². The van der Waals surface area contributed by atoms with Crippen molar-refractivity contribution in [2.24, 2.45) is 5.92 Å². The number of benzene rings is 2. The molecule has 0 bridgehead atoms. The van der Waals surface area contributed by atoms with Crippen molar-refractivity contribution >= 4 is 50.6 Å². The van der Waals surface area contributed by atoms with Gasteiger partial charge >= 0.3 is 0 Å². The summed E-state index contributed by atoms with van der Waals surface area (Å²) in [6.07, 6.45) is 1.64. The Bertz CT molecular complexity index is 1560. The molecule has 4 aromatic rings. The Kier molecular flexibility index (Phi) is 7.16. The molecule has 2 unspecified atom stereocenters. The fourth-order valence-corrected chi connectivity index (χ4v) is 5.47.